The van der Waals surface area contributed by atoms with E-state index in [0.717, 1.165) is 16.0 Å². The summed E-state index contributed by atoms with van der Waals surface area (Å²) in [4.78, 5) is 2.95. The second-order valence-corrected chi connectivity index (χ2v) is 8.06. The Morgan fingerprint density at radius 2 is 1.96 bits per heavy atom. The zero-order chi connectivity index (χ0) is 17.9. The fourth-order valence-corrected chi connectivity index (χ4v) is 4.19. The smallest absolute Gasteiger partial charge is 0.259 e. The van der Waals surface area contributed by atoms with Crippen LogP contribution in [0, 0.1) is 0 Å². The van der Waals surface area contributed by atoms with Gasteiger partial charge in [-0.05, 0) is 47.6 Å². The molecule has 0 saturated carbocycles. The van der Waals surface area contributed by atoms with E-state index >= 15 is 0 Å². The van der Waals surface area contributed by atoms with Crippen molar-refractivity contribution in [3.63, 3.8) is 0 Å². The molecule has 2 aromatic rings. The molecule has 25 heavy (non-hydrogen) atoms. The van der Waals surface area contributed by atoms with E-state index in [0.29, 0.717) is 18.5 Å². The summed E-state index contributed by atoms with van der Waals surface area (Å²) >= 11 is 1.62. The molecule has 0 atom stereocenters. The lowest BCUT2D eigenvalue weighted by Crippen LogP contribution is -2.37. The fourth-order valence-electron chi connectivity index (χ4n) is 2.42. The van der Waals surface area contributed by atoms with Crippen LogP contribution in [0.15, 0.2) is 71.2 Å². The van der Waals surface area contributed by atoms with Crippen molar-refractivity contribution in [3.8, 4) is 10.4 Å². The highest BCUT2D eigenvalue weighted by Gasteiger charge is 2.23. The Morgan fingerprint density at radius 1 is 1.16 bits per heavy atom. The number of sulfonamides is 1. The number of hydrogen-bond acceptors (Lipinski definition) is 4. The van der Waals surface area contributed by atoms with Gasteiger partial charge in [0, 0.05) is 10.6 Å². The quantitative estimate of drug-likeness (QED) is 0.738. The van der Waals surface area contributed by atoms with Gasteiger partial charge < -0.3 is 5.43 Å². The molecule has 0 spiro atoms. The molecule has 7 heteroatoms. The first-order valence-corrected chi connectivity index (χ1v) is 10.0. The molecule has 1 aliphatic rings. The molecule has 0 amide bonds. The predicted octanol–water partition coefficient (Wildman–Crippen LogP) is 4.34. The molecule has 0 radical (unpaired) electrons. The summed E-state index contributed by atoms with van der Waals surface area (Å²) in [5, 5.41) is 1.99. The van der Waals surface area contributed by atoms with Gasteiger partial charge in [0.25, 0.3) is 10.0 Å². The second-order valence-electron chi connectivity index (χ2n) is 5.46. The zero-order valence-corrected chi connectivity index (χ0v) is 15.0. The Labute approximate surface area is 150 Å². The Morgan fingerprint density at radius 3 is 2.68 bits per heavy atom. The molecule has 2 N–H and O–H groups in total. The first-order chi connectivity index (χ1) is 12.0. The van der Waals surface area contributed by atoms with Crippen molar-refractivity contribution in [1.82, 2.24) is 10.3 Å². The van der Waals surface area contributed by atoms with Gasteiger partial charge in [0.2, 0.25) is 0 Å². The zero-order valence-electron chi connectivity index (χ0n) is 13.3. The number of rotatable bonds is 6. The maximum absolute atomic E-state index is 13.7. The standard InChI is InChI=1S/C18H17FN2O2S2/c1-13(14-6-4-7-15(12-14)17-9-5-11-24-17)20-21-25(22,23)18-10-3-2-8-16(18)19/h4-12,20-21H,1-3H2. The number of halogens is 1. The van der Waals surface area contributed by atoms with E-state index < -0.39 is 15.9 Å². The summed E-state index contributed by atoms with van der Waals surface area (Å²) < 4.78 is 38.2. The van der Waals surface area contributed by atoms with Crippen LogP contribution in [0.2, 0.25) is 0 Å². The molecule has 1 heterocycles. The largest absolute Gasteiger partial charge is 0.308 e. The van der Waals surface area contributed by atoms with E-state index in [2.05, 4.69) is 16.8 Å². The van der Waals surface area contributed by atoms with E-state index in [9.17, 15) is 12.8 Å². The minimum atomic E-state index is -3.99. The number of nitrogens with one attached hydrogen (secondary N) is 2. The van der Waals surface area contributed by atoms with Gasteiger partial charge >= 0.3 is 0 Å². The Kier molecular flexibility index (Phi) is 5.17. The minimum Gasteiger partial charge on any atom is -0.308 e. The highest BCUT2D eigenvalue weighted by molar-refractivity contribution is 7.93. The topological polar surface area (TPSA) is 58.2 Å². The van der Waals surface area contributed by atoms with Crippen molar-refractivity contribution in [2.24, 2.45) is 0 Å². The average Bonchev–Trinajstić information content (AvgIpc) is 3.15. The van der Waals surface area contributed by atoms with Crippen molar-refractivity contribution < 1.29 is 12.8 Å². The molecule has 1 aromatic carbocycles. The van der Waals surface area contributed by atoms with Crippen LogP contribution < -0.4 is 10.3 Å². The summed E-state index contributed by atoms with van der Waals surface area (Å²) in [5.74, 6) is -0.731. The third-order valence-electron chi connectivity index (χ3n) is 3.70. The van der Waals surface area contributed by atoms with Gasteiger partial charge in [-0.3, -0.25) is 0 Å². The SMILES string of the molecule is C=C(NNS(=O)(=O)C1=CCCC=C1F)c1cccc(-c2cccs2)c1. The third-order valence-corrected chi connectivity index (χ3v) is 5.93. The normalized spacial score (nSPS) is 14.6. The second kappa shape index (κ2) is 7.35. The van der Waals surface area contributed by atoms with Crippen molar-refractivity contribution >= 4 is 27.1 Å². The Balaban J connectivity index is 1.72. The number of benzene rings is 1. The molecule has 0 bridgehead atoms. The van der Waals surface area contributed by atoms with Gasteiger partial charge in [-0.15, -0.1) is 16.2 Å². The Hall–Kier alpha value is -2.22. The summed E-state index contributed by atoms with van der Waals surface area (Å²) in [6.07, 6.45) is 3.64. The lowest BCUT2D eigenvalue weighted by atomic mass is 10.1. The van der Waals surface area contributed by atoms with E-state index in [1.807, 2.05) is 41.8 Å². The van der Waals surface area contributed by atoms with Crippen molar-refractivity contribution in [1.29, 1.82) is 0 Å². The van der Waals surface area contributed by atoms with Crippen LogP contribution in [-0.4, -0.2) is 8.42 Å². The maximum Gasteiger partial charge on any atom is 0.259 e. The minimum absolute atomic E-state index is 0.341. The van der Waals surface area contributed by atoms with Crippen molar-refractivity contribution in [3.05, 3.63) is 76.8 Å². The van der Waals surface area contributed by atoms with Gasteiger partial charge in [0.15, 0.2) is 0 Å². The van der Waals surface area contributed by atoms with Crippen LogP contribution >= 0.6 is 11.3 Å². The first-order valence-electron chi connectivity index (χ1n) is 7.64. The van der Waals surface area contributed by atoms with Crippen LogP contribution in [0.4, 0.5) is 4.39 Å². The molecule has 130 valence electrons. The molecule has 3 rings (SSSR count). The third kappa shape index (κ3) is 4.07. The van der Waals surface area contributed by atoms with Crippen LogP contribution in [-0.2, 0) is 10.0 Å². The summed E-state index contributed by atoms with van der Waals surface area (Å²) in [7, 11) is -3.99. The van der Waals surface area contributed by atoms with E-state index in [4.69, 9.17) is 0 Å². The number of thiophene rings is 1. The molecular weight excluding hydrogens is 359 g/mol. The summed E-state index contributed by atoms with van der Waals surface area (Å²) in [6.45, 7) is 3.85. The van der Waals surface area contributed by atoms with Crippen LogP contribution in [0.3, 0.4) is 0 Å². The van der Waals surface area contributed by atoms with Gasteiger partial charge in [-0.25, -0.2) is 12.8 Å². The first kappa shape index (κ1) is 17.6. The molecule has 0 fully saturated rings. The van der Waals surface area contributed by atoms with E-state index in [1.165, 1.54) is 12.2 Å². The summed E-state index contributed by atoms with van der Waals surface area (Å²) in [6, 6.07) is 11.6. The molecule has 0 aliphatic heterocycles. The molecule has 1 aliphatic carbocycles. The molecule has 0 unspecified atom stereocenters. The van der Waals surface area contributed by atoms with Crippen LogP contribution in [0.25, 0.3) is 16.1 Å². The summed E-state index contributed by atoms with van der Waals surface area (Å²) in [5.41, 5.74) is 4.70. The number of allylic oxidation sites excluding steroid dienone is 3. The van der Waals surface area contributed by atoms with E-state index in [1.54, 1.807) is 11.3 Å². The predicted molar refractivity (Wildman–Crippen MR) is 100 cm³/mol. The number of hydrazine groups is 1. The van der Waals surface area contributed by atoms with Gasteiger partial charge in [0.1, 0.15) is 10.7 Å². The lowest BCUT2D eigenvalue weighted by molar-refractivity contribution is 0.574. The van der Waals surface area contributed by atoms with Crippen molar-refractivity contribution in [2.75, 3.05) is 0 Å². The monoisotopic (exact) mass is 376 g/mol. The van der Waals surface area contributed by atoms with Crippen molar-refractivity contribution in [2.45, 2.75) is 12.8 Å². The maximum atomic E-state index is 13.7. The highest BCUT2D eigenvalue weighted by atomic mass is 32.2. The van der Waals surface area contributed by atoms with E-state index in [-0.39, 0.29) is 4.91 Å². The fraction of sp³-hybridized carbons (Fsp3) is 0.111. The highest BCUT2D eigenvalue weighted by Crippen LogP contribution is 2.27. The molecule has 0 saturated heterocycles. The Bertz CT molecular complexity index is 945. The number of hydrogen-bond donors (Lipinski definition) is 2. The van der Waals surface area contributed by atoms with Gasteiger partial charge in [-0.1, -0.05) is 36.9 Å². The molecule has 4 nitrogen and oxygen atoms in total. The van der Waals surface area contributed by atoms with Crippen LogP contribution in [0.5, 0.6) is 0 Å². The van der Waals surface area contributed by atoms with Crippen LogP contribution in [0.1, 0.15) is 18.4 Å². The molecule has 1 aromatic heterocycles. The molecular formula is C18H17FN2O2S2. The average molecular weight is 376 g/mol. The van der Waals surface area contributed by atoms with Gasteiger partial charge in [0.05, 0.1) is 0 Å². The van der Waals surface area contributed by atoms with Gasteiger partial charge in [-0.2, -0.15) is 0 Å². The lowest BCUT2D eigenvalue weighted by Gasteiger charge is -2.15.